The minimum Gasteiger partial charge on any atom is -0.506 e. The highest BCUT2D eigenvalue weighted by atomic mass is 79.9. The molecule has 6 nitrogen and oxygen atoms in total. The molecule has 3 rings (SSSR count). The summed E-state index contributed by atoms with van der Waals surface area (Å²) in [4.78, 5) is 26.8. The summed E-state index contributed by atoms with van der Waals surface area (Å²) >= 11 is 13.1. The lowest BCUT2D eigenvalue weighted by atomic mass is 10.2. The molecule has 0 saturated carbocycles. The van der Waals surface area contributed by atoms with Gasteiger partial charge in [0.1, 0.15) is 15.8 Å². The van der Waals surface area contributed by atoms with Crippen LogP contribution in [0.15, 0.2) is 50.2 Å². The predicted octanol–water partition coefficient (Wildman–Crippen LogP) is 5.55. The van der Waals surface area contributed by atoms with Gasteiger partial charge in [-0.05, 0) is 65.3 Å². The molecular formula is C21H18Br2N2O4S2. The Morgan fingerprint density at radius 1 is 1.29 bits per heavy atom. The Balaban J connectivity index is 1.62. The molecule has 1 saturated heterocycles. The minimum absolute atomic E-state index is 0.0307. The van der Waals surface area contributed by atoms with E-state index in [1.165, 1.54) is 4.90 Å². The van der Waals surface area contributed by atoms with Crippen LogP contribution >= 0.6 is 55.8 Å². The zero-order valence-corrected chi connectivity index (χ0v) is 21.2. The smallest absolute Gasteiger partial charge is 0.266 e. The number of thioether (sulfide) groups is 1. The van der Waals surface area contributed by atoms with E-state index in [0.29, 0.717) is 31.6 Å². The molecule has 1 aliphatic heterocycles. The molecule has 2 aromatic rings. The van der Waals surface area contributed by atoms with Gasteiger partial charge in [-0.1, -0.05) is 39.9 Å². The zero-order chi connectivity index (χ0) is 22.5. The second-order valence-electron chi connectivity index (χ2n) is 6.41. The largest absolute Gasteiger partial charge is 0.506 e. The van der Waals surface area contributed by atoms with E-state index in [0.717, 1.165) is 22.0 Å². The number of hydrogen-bond acceptors (Lipinski definition) is 6. The first-order valence-electron chi connectivity index (χ1n) is 9.24. The van der Waals surface area contributed by atoms with Crippen molar-refractivity contribution in [2.75, 3.05) is 18.5 Å². The molecule has 0 atom stereocenters. The number of anilines is 1. The number of rotatable bonds is 7. The third kappa shape index (κ3) is 6.09. The van der Waals surface area contributed by atoms with Crippen LogP contribution in [0, 0.1) is 0 Å². The number of phenols is 1. The molecule has 0 aromatic heterocycles. The van der Waals surface area contributed by atoms with E-state index >= 15 is 0 Å². The number of phenolic OH excluding ortho intramolecular Hbond substituents is 1. The van der Waals surface area contributed by atoms with Gasteiger partial charge in [0.05, 0.1) is 16.0 Å². The Morgan fingerprint density at radius 2 is 2.00 bits per heavy atom. The fourth-order valence-corrected chi connectivity index (χ4v) is 5.33. The van der Waals surface area contributed by atoms with Crippen molar-refractivity contribution in [3.8, 4) is 11.5 Å². The van der Waals surface area contributed by atoms with E-state index in [4.69, 9.17) is 17.0 Å². The summed E-state index contributed by atoms with van der Waals surface area (Å²) in [7, 11) is 0. The first-order chi connectivity index (χ1) is 14.8. The van der Waals surface area contributed by atoms with Gasteiger partial charge in [0.25, 0.3) is 5.91 Å². The van der Waals surface area contributed by atoms with Crippen LogP contribution in [0.2, 0.25) is 0 Å². The summed E-state index contributed by atoms with van der Waals surface area (Å²) in [6.45, 7) is 2.64. The highest BCUT2D eigenvalue weighted by molar-refractivity contribution is 9.11. The molecule has 0 unspecified atom stereocenters. The van der Waals surface area contributed by atoms with Gasteiger partial charge in [-0.2, -0.15) is 0 Å². The maximum absolute atomic E-state index is 12.8. The molecule has 0 bridgehead atoms. The highest BCUT2D eigenvalue weighted by Crippen LogP contribution is 2.37. The van der Waals surface area contributed by atoms with Crippen molar-refractivity contribution in [2.24, 2.45) is 0 Å². The second kappa shape index (κ2) is 10.6. The van der Waals surface area contributed by atoms with Gasteiger partial charge >= 0.3 is 0 Å². The molecule has 0 radical (unpaired) electrons. The summed E-state index contributed by atoms with van der Waals surface area (Å²) in [5.41, 5.74) is 1.13. The Morgan fingerprint density at radius 3 is 2.68 bits per heavy atom. The number of nitrogens with one attached hydrogen (secondary N) is 1. The van der Waals surface area contributed by atoms with Crippen molar-refractivity contribution in [3.63, 3.8) is 0 Å². The molecular weight excluding hydrogens is 568 g/mol. The van der Waals surface area contributed by atoms with E-state index in [-0.39, 0.29) is 30.5 Å². The maximum atomic E-state index is 12.8. The third-order valence-electron chi connectivity index (χ3n) is 4.23. The number of aromatic hydroxyl groups is 1. The lowest BCUT2D eigenvalue weighted by molar-refractivity contribution is -0.122. The van der Waals surface area contributed by atoms with Gasteiger partial charge in [0, 0.05) is 28.7 Å². The SMILES string of the molecule is CCOc1ccc(NC(=O)CCN2C(=O)/C(=C/c3cc(Br)cc(Br)c3O)SC2=S)cc1. The average Bonchev–Trinajstić information content (AvgIpc) is 2.98. The second-order valence-corrected chi connectivity index (χ2v) is 9.86. The molecule has 31 heavy (non-hydrogen) atoms. The number of ether oxygens (including phenoxy) is 1. The minimum atomic E-state index is -0.292. The molecule has 162 valence electrons. The molecule has 2 amide bonds. The van der Waals surface area contributed by atoms with Crippen molar-refractivity contribution >= 4 is 83.7 Å². The van der Waals surface area contributed by atoms with E-state index in [1.54, 1.807) is 42.5 Å². The quantitative estimate of drug-likeness (QED) is 0.328. The van der Waals surface area contributed by atoms with E-state index in [9.17, 15) is 14.7 Å². The van der Waals surface area contributed by atoms with Crippen LogP contribution < -0.4 is 10.1 Å². The molecule has 1 aliphatic rings. The van der Waals surface area contributed by atoms with E-state index in [1.807, 2.05) is 6.92 Å². The number of carbonyl (C=O) groups is 2. The van der Waals surface area contributed by atoms with E-state index < -0.39 is 0 Å². The van der Waals surface area contributed by atoms with Crippen molar-refractivity contribution in [3.05, 3.63) is 55.8 Å². The van der Waals surface area contributed by atoms with Gasteiger partial charge in [0.2, 0.25) is 5.91 Å². The van der Waals surface area contributed by atoms with Crippen LogP contribution in [-0.2, 0) is 9.59 Å². The molecule has 0 aliphatic carbocycles. The summed E-state index contributed by atoms with van der Waals surface area (Å²) < 4.78 is 7.01. The molecule has 10 heteroatoms. The lowest BCUT2D eigenvalue weighted by Crippen LogP contribution is -2.31. The van der Waals surface area contributed by atoms with Crippen molar-refractivity contribution in [1.82, 2.24) is 4.90 Å². The van der Waals surface area contributed by atoms with Crippen LogP contribution in [0.1, 0.15) is 18.9 Å². The fraction of sp³-hybridized carbons (Fsp3) is 0.190. The number of amides is 2. The topological polar surface area (TPSA) is 78.9 Å². The monoisotopic (exact) mass is 584 g/mol. The summed E-state index contributed by atoms with van der Waals surface area (Å²) in [5.74, 6) is 0.242. The Bertz CT molecular complexity index is 1060. The maximum Gasteiger partial charge on any atom is 0.266 e. The normalized spacial score (nSPS) is 14.9. The van der Waals surface area contributed by atoms with Gasteiger partial charge in [-0.25, -0.2) is 0 Å². The number of halogens is 2. The van der Waals surface area contributed by atoms with Crippen LogP contribution in [0.25, 0.3) is 6.08 Å². The predicted molar refractivity (Wildman–Crippen MR) is 134 cm³/mol. The molecule has 1 heterocycles. The van der Waals surface area contributed by atoms with Crippen LogP contribution in [0.5, 0.6) is 11.5 Å². The highest BCUT2D eigenvalue weighted by Gasteiger charge is 2.32. The van der Waals surface area contributed by atoms with Crippen LogP contribution in [0.4, 0.5) is 5.69 Å². The van der Waals surface area contributed by atoms with Crippen molar-refractivity contribution in [2.45, 2.75) is 13.3 Å². The summed E-state index contributed by atoms with van der Waals surface area (Å²) in [5, 5.41) is 13.0. The fourth-order valence-electron chi connectivity index (χ4n) is 2.77. The van der Waals surface area contributed by atoms with Crippen molar-refractivity contribution < 1.29 is 19.4 Å². The van der Waals surface area contributed by atoms with Gasteiger partial charge in [-0.15, -0.1) is 0 Å². The number of benzene rings is 2. The first-order valence-corrected chi connectivity index (χ1v) is 12.1. The molecule has 1 fully saturated rings. The Hall–Kier alpha value is -1.88. The average molecular weight is 586 g/mol. The van der Waals surface area contributed by atoms with Crippen LogP contribution in [-0.4, -0.2) is 39.3 Å². The van der Waals surface area contributed by atoms with Gasteiger partial charge in [-0.3, -0.25) is 14.5 Å². The molecule has 0 spiro atoms. The Labute approximate surface area is 206 Å². The number of carbonyl (C=O) groups excluding carboxylic acids is 2. The number of nitrogens with zero attached hydrogens (tertiary/aromatic N) is 1. The van der Waals surface area contributed by atoms with E-state index in [2.05, 4.69) is 37.2 Å². The first kappa shape index (κ1) is 23.8. The van der Waals surface area contributed by atoms with Gasteiger partial charge in [0.15, 0.2) is 0 Å². The summed E-state index contributed by atoms with van der Waals surface area (Å²) in [6.07, 6.45) is 1.69. The Kier molecular flexibility index (Phi) is 8.15. The summed E-state index contributed by atoms with van der Waals surface area (Å²) in [6, 6.07) is 10.5. The van der Waals surface area contributed by atoms with Gasteiger partial charge < -0.3 is 15.2 Å². The molecule has 2 aromatic carbocycles. The van der Waals surface area contributed by atoms with Crippen LogP contribution in [0.3, 0.4) is 0 Å². The number of thiocarbonyl (C=S) groups is 1. The zero-order valence-electron chi connectivity index (χ0n) is 16.4. The molecule has 2 N–H and O–H groups in total. The third-order valence-corrected chi connectivity index (χ3v) is 6.67. The number of hydrogen-bond donors (Lipinski definition) is 2. The lowest BCUT2D eigenvalue weighted by Gasteiger charge is -2.14. The van der Waals surface area contributed by atoms with Crippen molar-refractivity contribution in [1.29, 1.82) is 0 Å². The standard InChI is InChI=1S/C21H18Br2N2O4S2/c1-2-29-15-5-3-14(4-6-15)24-18(26)7-8-25-20(28)17(31-21(25)30)10-12-9-13(22)11-16(23)19(12)27/h3-6,9-11,27H,2,7-8H2,1H3,(H,24,26)/b17-10-.